The van der Waals surface area contributed by atoms with Crippen LogP contribution in [0.5, 0.6) is 0 Å². The summed E-state index contributed by atoms with van der Waals surface area (Å²) in [5.41, 5.74) is 0.437. The number of hydrogen-bond donors (Lipinski definition) is 1. The van der Waals surface area contributed by atoms with Gasteiger partial charge in [-0.15, -0.1) is 0 Å². The van der Waals surface area contributed by atoms with E-state index in [1.807, 2.05) is 7.05 Å². The highest BCUT2D eigenvalue weighted by molar-refractivity contribution is 5.80. The van der Waals surface area contributed by atoms with E-state index in [-0.39, 0.29) is 0 Å². The molecule has 6 heteroatoms. The summed E-state index contributed by atoms with van der Waals surface area (Å²) in [4.78, 5) is 6.91. The maximum absolute atomic E-state index is 6.14. The number of ether oxygens (including phenoxy) is 3. The van der Waals surface area contributed by atoms with Crippen LogP contribution >= 0.6 is 0 Å². The van der Waals surface area contributed by atoms with Gasteiger partial charge in [0.2, 0.25) is 0 Å². The summed E-state index contributed by atoms with van der Waals surface area (Å²) < 4.78 is 17.5. The number of hydrogen-bond acceptors (Lipinski definition) is 4. The second-order valence-corrected chi connectivity index (χ2v) is 8.36. The van der Waals surface area contributed by atoms with Gasteiger partial charge in [-0.1, -0.05) is 0 Å². The Hall–Kier alpha value is -0.850. The lowest BCUT2D eigenvalue weighted by Crippen LogP contribution is -2.48. The number of aliphatic imine (C=N–C) groups is 1. The molecular formula is C21H39N3O3. The van der Waals surface area contributed by atoms with E-state index in [1.165, 1.54) is 25.7 Å². The van der Waals surface area contributed by atoms with Gasteiger partial charge in [-0.25, -0.2) is 0 Å². The lowest BCUT2D eigenvalue weighted by Gasteiger charge is -2.35. The predicted octanol–water partition coefficient (Wildman–Crippen LogP) is 2.82. The molecular weight excluding hydrogens is 342 g/mol. The van der Waals surface area contributed by atoms with Gasteiger partial charge in [0.25, 0.3) is 0 Å². The first-order valence-corrected chi connectivity index (χ1v) is 11.0. The number of rotatable bonds is 9. The standard InChI is InChI=1S/C21H39N3O3/c1-3-25-15-11-21(9-10-21)17-23-20(22-2)24-12-7-18(8-13-24)27-16-19-6-4-5-14-26-19/h18-19H,3-17H2,1-2H3,(H,22,23). The molecule has 1 aliphatic carbocycles. The maximum atomic E-state index is 6.14. The third-order valence-corrected chi connectivity index (χ3v) is 6.30. The van der Waals surface area contributed by atoms with E-state index in [4.69, 9.17) is 14.2 Å². The van der Waals surface area contributed by atoms with E-state index in [9.17, 15) is 0 Å². The van der Waals surface area contributed by atoms with Crippen LogP contribution in [0.2, 0.25) is 0 Å². The van der Waals surface area contributed by atoms with Crippen LogP contribution in [0, 0.1) is 5.41 Å². The van der Waals surface area contributed by atoms with E-state index in [2.05, 4.69) is 22.1 Å². The van der Waals surface area contributed by atoms with E-state index < -0.39 is 0 Å². The normalized spacial score (nSPS) is 26.2. The van der Waals surface area contributed by atoms with Gasteiger partial charge in [-0.05, 0) is 63.7 Å². The van der Waals surface area contributed by atoms with Gasteiger partial charge < -0.3 is 24.4 Å². The molecule has 2 aliphatic heterocycles. The molecule has 0 aromatic carbocycles. The molecule has 2 heterocycles. The summed E-state index contributed by atoms with van der Waals surface area (Å²) in [6, 6.07) is 0. The molecule has 156 valence electrons. The number of nitrogens with one attached hydrogen (secondary N) is 1. The van der Waals surface area contributed by atoms with E-state index in [1.54, 1.807) is 0 Å². The molecule has 3 rings (SSSR count). The fourth-order valence-corrected chi connectivity index (χ4v) is 4.14. The average molecular weight is 382 g/mol. The fourth-order valence-electron chi connectivity index (χ4n) is 4.14. The Bertz CT molecular complexity index is 454. The van der Waals surface area contributed by atoms with Crippen LogP contribution < -0.4 is 5.32 Å². The van der Waals surface area contributed by atoms with E-state index >= 15 is 0 Å². The van der Waals surface area contributed by atoms with E-state index in [0.717, 1.165) is 77.7 Å². The summed E-state index contributed by atoms with van der Waals surface area (Å²) in [5.74, 6) is 1.05. The summed E-state index contributed by atoms with van der Waals surface area (Å²) >= 11 is 0. The van der Waals surface area contributed by atoms with Crippen molar-refractivity contribution >= 4 is 5.96 Å². The third kappa shape index (κ3) is 6.61. The Morgan fingerprint density at radius 3 is 2.67 bits per heavy atom. The van der Waals surface area contributed by atoms with Crippen LogP contribution in [0.1, 0.15) is 58.3 Å². The molecule has 3 fully saturated rings. The Morgan fingerprint density at radius 2 is 2.04 bits per heavy atom. The first kappa shape index (κ1) is 20.9. The zero-order chi connectivity index (χ0) is 19.0. The molecule has 3 aliphatic rings. The van der Waals surface area contributed by atoms with Crippen LogP contribution in [-0.2, 0) is 14.2 Å². The molecule has 6 nitrogen and oxygen atoms in total. The molecule has 27 heavy (non-hydrogen) atoms. The van der Waals surface area contributed by atoms with Gasteiger partial charge in [0.05, 0.1) is 18.8 Å². The number of nitrogens with zero attached hydrogens (tertiary/aromatic N) is 2. The lowest BCUT2D eigenvalue weighted by atomic mass is 10.0. The van der Waals surface area contributed by atoms with Crippen LogP contribution in [0.4, 0.5) is 0 Å². The van der Waals surface area contributed by atoms with Crippen LogP contribution in [0.15, 0.2) is 4.99 Å². The average Bonchev–Trinajstić information content (AvgIpc) is 3.49. The third-order valence-electron chi connectivity index (χ3n) is 6.30. The first-order valence-electron chi connectivity index (χ1n) is 11.0. The number of likely N-dealkylation sites (tertiary alicyclic amines) is 1. The zero-order valence-corrected chi connectivity index (χ0v) is 17.4. The first-order chi connectivity index (χ1) is 13.2. The molecule has 0 amide bonds. The minimum atomic E-state index is 0.317. The second-order valence-electron chi connectivity index (χ2n) is 8.36. The lowest BCUT2D eigenvalue weighted by molar-refractivity contribution is -0.0721. The van der Waals surface area contributed by atoms with Crippen molar-refractivity contribution in [3.63, 3.8) is 0 Å². The van der Waals surface area contributed by atoms with Gasteiger partial charge in [-0.3, -0.25) is 4.99 Å². The minimum absolute atomic E-state index is 0.317. The molecule has 1 atom stereocenters. The van der Waals surface area contributed by atoms with Crippen LogP contribution in [-0.4, -0.2) is 76.2 Å². The minimum Gasteiger partial charge on any atom is -0.382 e. The molecule has 1 N–H and O–H groups in total. The molecule has 0 aromatic rings. The number of guanidine groups is 1. The SMILES string of the molecule is CCOCCC1(CNC(=NC)N2CCC(OCC3CCCCO3)CC2)CC1. The summed E-state index contributed by atoms with van der Waals surface area (Å²) in [7, 11) is 1.89. The molecule has 0 bridgehead atoms. The van der Waals surface area contributed by atoms with Crippen molar-refractivity contribution in [1.82, 2.24) is 10.2 Å². The predicted molar refractivity (Wildman–Crippen MR) is 108 cm³/mol. The van der Waals surface area contributed by atoms with Gasteiger partial charge in [0, 0.05) is 46.5 Å². The Balaban J connectivity index is 1.33. The molecule has 0 spiro atoms. The highest BCUT2D eigenvalue weighted by Gasteiger charge is 2.42. The highest BCUT2D eigenvalue weighted by Crippen LogP contribution is 2.48. The summed E-state index contributed by atoms with van der Waals surface area (Å²) in [5, 5.41) is 3.63. The van der Waals surface area contributed by atoms with Gasteiger partial charge >= 0.3 is 0 Å². The molecule has 0 aromatic heterocycles. The van der Waals surface area contributed by atoms with Gasteiger partial charge in [0.1, 0.15) is 0 Å². The van der Waals surface area contributed by atoms with Crippen molar-refractivity contribution in [2.75, 3.05) is 53.1 Å². The molecule has 0 radical (unpaired) electrons. The topological polar surface area (TPSA) is 55.3 Å². The van der Waals surface area contributed by atoms with Gasteiger partial charge in [0.15, 0.2) is 5.96 Å². The van der Waals surface area contributed by atoms with Gasteiger partial charge in [-0.2, -0.15) is 0 Å². The Kier molecular flexibility index (Phi) is 8.22. The second kappa shape index (κ2) is 10.6. The number of piperidine rings is 1. The van der Waals surface area contributed by atoms with Crippen molar-refractivity contribution in [1.29, 1.82) is 0 Å². The summed E-state index contributed by atoms with van der Waals surface area (Å²) in [6.45, 7) is 8.47. The van der Waals surface area contributed by atoms with Crippen LogP contribution in [0.3, 0.4) is 0 Å². The molecule has 1 saturated carbocycles. The Labute approximate surface area is 165 Å². The zero-order valence-electron chi connectivity index (χ0n) is 17.4. The maximum Gasteiger partial charge on any atom is 0.193 e. The fraction of sp³-hybridized carbons (Fsp3) is 0.952. The largest absolute Gasteiger partial charge is 0.382 e. The van der Waals surface area contributed by atoms with Crippen molar-refractivity contribution in [2.45, 2.75) is 70.5 Å². The summed E-state index contributed by atoms with van der Waals surface area (Å²) in [6.07, 6.45) is 10.2. The van der Waals surface area contributed by atoms with E-state index in [0.29, 0.717) is 17.6 Å². The van der Waals surface area contributed by atoms with Crippen molar-refractivity contribution < 1.29 is 14.2 Å². The van der Waals surface area contributed by atoms with Crippen molar-refractivity contribution in [3.8, 4) is 0 Å². The highest BCUT2D eigenvalue weighted by atomic mass is 16.5. The molecule has 1 unspecified atom stereocenters. The Morgan fingerprint density at radius 1 is 1.22 bits per heavy atom. The quantitative estimate of drug-likeness (QED) is 0.378. The monoisotopic (exact) mass is 381 g/mol. The molecule has 2 saturated heterocycles. The van der Waals surface area contributed by atoms with Crippen molar-refractivity contribution in [3.05, 3.63) is 0 Å². The van der Waals surface area contributed by atoms with Crippen molar-refractivity contribution in [2.24, 2.45) is 10.4 Å². The smallest absolute Gasteiger partial charge is 0.193 e. The van der Waals surface area contributed by atoms with Crippen LogP contribution in [0.25, 0.3) is 0 Å².